The summed E-state index contributed by atoms with van der Waals surface area (Å²) in [6.07, 6.45) is 0. The number of hydrogen-bond acceptors (Lipinski definition) is 4. The molecule has 1 aromatic heterocycles. The Morgan fingerprint density at radius 1 is 1.19 bits per heavy atom. The summed E-state index contributed by atoms with van der Waals surface area (Å²) in [4.78, 5) is 11.8. The van der Waals surface area contributed by atoms with E-state index in [1.807, 2.05) is 32.9 Å². The zero-order chi connectivity index (χ0) is 14.9. The molecule has 0 fully saturated rings. The highest BCUT2D eigenvalue weighted by Crippen LogP contribution is 2.29. The Morgan fingerprint density at radius 2 is 1.86 bits per heavy atom. The quantitative estimate of drug-likeness (QED) is 0.881. The maximum atomic E-state index is 11.8. The van der Waals surface area contributed by atoms with Crippen molar-refractivity contribution in [1.29, 1.82) is 0 Å². The molecule has 0 saturated heterocycles. The fourth-order valence-corrected chi connectivity index (χ4v) is 2.08. The van der Waals surface area contributed by atoms with Crippen LogP contribution in [0.3, 0.4) is 0 Å². The van der Waals surface area contributed by atoms with Crippen molar-refractivity contribution < 1.29 is 9.15 Å². The Labute approximate surface area is 130 Å². The van der Waals surface area contributed by atoms with E-state index >= 15 is 0 Å². The predicted octanol–water partition coefficient (Wildman–Crippen LogP) is 3.11. The molecular formula is C16H22ClNO3. The lowest BCUT2D eigenvalue weighted by Crippen LogP contribution is -2.18. The average Bonchev–Trinajstić information content (AvgIpc) is 2.44. The van der Waals surface area contributed by atoms with Crippen LogP contribution in [0.15, 0.2) is 21.3 Å². The molecule has 0 saturated carbocycles. The predicted molar refractivity (Wildman–Crippen MR) is 87.7 cm³/mol. The van der Waals surface area contributed by atoms with Gasteiger partial charge in [0.15, 0.2) is 0 Å². The van der Waals surface area contributed by atoms with Crippen LogP contribution in [0.5, 0.6) is 5.75 Å². The number of halogens is 1. The zero-order valence-corrected chi connectivity index (χ0v) is 13.7. The van der Waals surface area contributed by atoms with Gasteiger partial charge in [-0.1, -0.05) is 6.92 Å². The molecule has 1 unspecified atom stereocenters. The van der Waals surface area contributed by atoms with Gasteiger partial charge in [0.2, 0.25) is 0 Å². The van der Waals surface area contributed by atoms with Crippen molar-refractivity contribution in [2.45, 2.75) is 27.7 Å². The topological polar surface area (TPSA) is 65.5 Å². The van der Waals surface area contributed by atoms with Gasteiger partial charge in [-0.3, -0.25) is 0 Å². The maximum absolute atomic E-state index is 11.8. The first-order chi connectivity index (χ1) is 9.45. The highest BCUT2D eigenvalue weighted by atomic mass is 35.5. The fraction of sp³-hybridized carbons (Fsp3) is 0.438. The SMILES string of the molecule is Cc1c(C)c2ccc(OCC(C)CN)c(C)c2oc1=O.Cl. The van der Waals surface area contributed by atoms with E-state index in [2.05, 4.69) is 0 Å². The van der Waals surface area contributed by atoms with E-state index in [4.69, 9.17) is 14.9 Å². The first kappa shape index (κ1) is 17.5. The summed E-state index contributed by atoms with van der Waals surface area (Å²) in [7, 11) is 0. The van der Waals surface area contributed by atoms with E-state index in [0.717, 1.165) is 22.3 Å². The lowest BCUT2D eigenvalue weighted by atomic mass is 10.0. The van der Waals surface area contributed by atoms with Crippen LogP contribution in [-0.2, 0) is 0 Å². The summed E-state index contributed by atoms with van der Waals surface area (Å²) in [5, 5.41) is 0.957. The Bertz CT molecular complexity index is 694. The van der Waals surface area contributed by atoms with Crippen molar-refractivity contribution in [3.8, 4) is 5.75 Å². The van der Waals surface area contributed by atoms with Gasteiger partial charge in [-0.05, 0) is 45.0 Å². The Hall–Kier alpha value is -1.52. The van der Waals surface area contributed by atoms with E-state index < -0.39 is 0 Å². The smallest absolute Gasteiger partial charge is 0.339 e. The average molecular weight is 312 g/mol. The number of aryl methyl sites for hydroxylation is 2. The molecule has 0 aliphatic rings. The number of ether oxygens (including phenoxy) is 1. The Balaban J connectivity index is 0.00000220. The van der Waals surface area contributed by atoms with Crippen LogP contribution in [0.2, 0.25) is 0 Å². The van der Waals surface area contributed by atoms with E-state index in [0.29, 0.717) is 24.3 Å². The molecule has 2 aromatic rings. The number of benzene rings is 1. The largest absolute Gasteiger partial charge is 0.493 e. The molecule has 0 aliphatic heterocycles. The van der Waals surface area contributed by atoms with Crippen LogP contribution in [0, 0.1) is 26.7 Å². The van der Waals surface area contributed by atoms with Crippen LogP contribution in [0.25, 0.3) is 11.0 Å². The second-order valence-electron chi connectivity index (χ2n) is 5.36. The molecule has 116 valence electrons. The molecule has 0 bridgehead atoms. The minimum Gasteiger partial charge on any atom is -0.493 e. The molecule has 1 heterocycles. The molecule has 1 atom stereocenters. The van der Waals surface area contributed by atoms with Gasteiger partial charge in [-0.2, -0.15) is 0 Å². The molecule has 21 heavy (non-hydrogen) atoms. The van der Waals surface area contributed by atoms with E-state index in [1.165, 1.54) is 0 Å². The third-order valence-corrected chi connectivity index (χ3v) is 3.75. The normalized spacial score (nSPS) is 12.0. The van der Waals surface area contributed by atoms with Crippen LogP contribution in [0.1, 0.15) is 23.6 Å². The van der Waals surface area contributed by atoms with E-state index in [1.54, 1.807) is 6.92 Å². The highest BCUT2D eigenvalue weighted by molar-refractivity contribution is 5.85. The van der Waals surface area contributed by atoms with E-state index in [-0.39, 0.29) is 24.0 Å². The van der Waals surface area contributed by atoms with Gasteiger partial charge >= 0.3 is 5.63 Å². The molecule has 0 aliphatic carbocycles. The van der Waals surface area contributed by atoms with Crippen LogP contribution in [0.4, 0.5) is 0 Å². The number of fused-ring (bicyclic) bond motifs is 1. The first-order valence-corrected chi connectivity index (χ1v) is 6.82. The third-order valence-electron chi connectivity index (χ3n) is 3.75. The van der Waals surface area contributed by atoms with Crippen molar-refractivity contribution in [3.05, 3.63) is 39.2 Å². The Morgan fingerprint density at radius 3 is 2.48 bits per heavy atom. The standard InChI is InChI=1S/C16H21NO3.ClH/c1-9(7-17)8-19-14-6-5-13-10(2)11(3)16(18)20-15(13)12(14)4;/h5-6,9H,7-8,17H2,1-4H3;1H. The van der Waals surface area contributed by atoms with Crippen LogP contribution < -0.4 is 16.1 Å². The van der Waals surface area contributed by atoms with Gasteiger partial charge in [0.1, 0.15) is 11.3 Å². The van der Waals surface area contributed by atoms with Crippen LogP contribution >= 0.6 is 12.4 Å². The molecular weight excluding hydrogens is 290 g/mol. The lowest BCUT2D eigenvalue weighted by molar-refractivity contribution is 0.262. The van der Waals surface area contributed by atoms with Gasteiger partial charge in [0.05, 0.1) is 6.61 Å². The summed E-state index contributed by atoms with van der Waals surface area (Å²) in [5.41, 5.74) is 8.37. The monoisotopic (exact) mass is 311 g/mol. The van der Waals surface area contributed by atoms with Crippen molar-refractivity contribution in [1.82, 2.24) is 0 Å². The summed E-state index contributed by atoms with van der Waals surface area (Å²) in [6, 6.07) is 3.86. The van der Waals surface area contributed by atoms with Crippen LogP contribution in [-0.4, -0.2) is 13.2 Å². The van der Waals surface area contributed by atoms with Gasteiger partial charge in [0.25, 0.3) is 0 Å². The minimum absolute atomic E-state index is 0. The Kier molecular flexibility index (Phi) is 5.81. The summed E-state index contributed by atoms with van der Waals surface area (Å²) >= 11 is 0. The molecule has 0 spiro atoms. The second-order valence-corrected chi connectivity index (χ2v) is 5.36. The zero-order valence-electron chi connectivity index (χ0n) is 12.9. The molecule has 1 aromatic carbocycles. The first-order valence-electron chi connectivity index (χ1n) is 6.82. The van der Waals surface area contributed by atoms with Gasteiger partial charge in [0, 0.05) is 22.4 Å². The van der Waals surface area contributed by atoms with Crippen molar-refractivity contribution in [2.24, 2.45) is 11.7 Å². The fourth-order valence-electron chi connectivity index (χ4n) is 2.08. The summed E-state index contributed by atoms with van der Waals surface area (Å²) in [5.74, 6) is 1.03. The second kappa shape index (κ2) is 6.96. The molecule has 0 radical (unpaired) electrons. The van der Waals surface area contributed by atoms with Crippen molar-refractivity contribution >= 4 is 23.4 Å². The summed E-state index contributed by atoms with van der Waals surface area (Å²) < 4.78 is 11.2. The highest BCUT2D eigenvalue weighted by Gasteiger charge is 2.13. The molecule has 0 amide bonds. The van der Waals surface area contributed by atoms with Gasteiger partial charge < -0.3 is 14.9 Å². The minimum atomic E-state index is -0.287. The molecule has 2 rings (SSSR count). The van der Waals surface area contributed by atoms with E-state index in [9.17, 15) is 4.79 Å². The van der Waals surface area contributed by atoms with Crippen molar-refractivity contribution in [2.75, 3.05) is 13.2 Å². The molecule has 5 heteroatoms. The number of nitrogens with two attached hydrogens (primary N) is 1. The van der Waals surface area contributed by atoms with Gasteiger partial charge in [-0.25, -0.2) is 4.79 Å². The maximum Gasteiger partial charge on any atom is 0.339 e. The summed E-state index contributed by atoms with van der Waals surface area (Å²) in [6.45, 7) is 8.79. The third kappa shape index (κ3) is 3.39. The van der Waals surface area contributed by atoms with Gasteiger partial charge in [-0.15, -0.1) is 12.4 Å². The molecule has 2 N–H and O–H groups in total. The number of rotatable bonds is 4. The van der Waals surface area contributed by atoms with Crippen molar-refractivity contribution in [3.63, 3.8) is 0 Å². The lowest BCUT2D eigenvalue weighted by Gasteiger charge is -2.14. The molecule has 4 nitrogen and oxygen atoms in total. The number of hydrogen-bond donors (Lipinski definition) is 1.